The molecule has 5 rings (SSSR count). The van der Waals surface area contributed by atoms with Gasteiger partial charge in [-0.25, -0.2) is 0 Å². The van der Waals surface area contributed by atoms with Gasteiger partial charge >= 0.3 is 0 Å². The fourth-order valence-corrected chi connectivity index (χ4v) is 5.17. The first-order chi connectivity index (χ1) is 17.5. The van der Waals surface area contributed by atoms with Gasteiger partial charge in [0.25, 0.3) is 0 Å². The van der Waals surface area contributed by atoms with E-state index in [0.29, 0.717) is 40.3 Å². The molecule has 1 saturated heterocycles. The zero-order valence-corrected chi connectivity index (χ0v) is 20.7. The Labute approximate surface area is 213 Å². The number of benzene rings is 2. The maximum atomic E-state index is 13.7. The summed E-state index contributed by atoms with van der Waals surface area (Å²) in [6.45, 7) is 4.45. The second-order valence-electron chi connectivity index (χ2n) is 8.98. The molecule has 9 heteroatoms. The van der Waals surface area contributed by atoms with Crippen molar-refractivity contribution < 1.29 is 33.5 Å². The van der Waals surface area contributed by atoms with Crippen molar-refractivity contribution in [3.8, 4) is 5.75 Å². The molecule has 1 N–H and O–H groups in total. The average molecular weight is 511 g/mol. The van der Waals surface area contributed by atoms with Gasteiger partial charge in [0.15, 0.2) is 17.1 Å². The van der Waals surface area contributed by atoms with E-state index < -0.39 is 23.5 Å². The second kappa shape index (κ2) is 10.3. The van der Waals surface area contributed by atoms with Crippen molar-refractivity contribution in [1.82, 2.24) is 4.90 Å². The highest BCUT2D eigenvalue weighted by atomic mass is 35.5. The fraction of sp³-hybridized carbons (Fsp3) is 0.333. The molecule has 0 radical (unpaired) electrons. The van der Waals surface area contributed by atoms with E-state index in [9.17, 15) is 14.7 Å². The van der Waals surface area contributed by atoms with Crippen molar-refractivity contribution in [1.29, 1.82) is 0 Å². The topological polar surface area (TPSA) is 96.5 Å². The number of ether oxygens (including phenoxy) is 2. The van der Waals surface area contributed by atoms with Crippen molar-refractivity contribution in [2.45, 2.75) is 12.5 Å². The van der Waals surface area contributed by atoms with Crippen LogP contribution in [-0.4, -0.2) is 63.1 Å². The number of halogens is 1. The Hall–Kier alpha value is -3.33. The molecule has 2 aromatic carbocycles. The van der Waals surface area contributed by atoms with E-state index >= 15 is 0 Å². The lowest BCUT2D eigenvalue weighted by Crippen LogP contribution is -3.14. The van der Waals surface area contributed by atoms with Crippen LogP contribution in [0, 0.1) is 0 Å². The smallest absolute Gasteiger partial charge is 0.239 e. The number of carbonyl (C=O) groups excluding carboxylic acids is 2. The van der Waals surface area contributed by atoms with Gasteiger partial charge in [0.1, 0.15) is 13.1 Å². The van der Waals surface area contributed by atoms with Gasteiger partial charge in [0, 0.05) is 28.9 Å². The van der Waals surface area contributed by atoms with Crippen molar-refractivity contribution >= 4 is 34.3 Å². The highest BCUT2D eigenvalue weighted by Gasteiger charge is 2.40. The molecular formula is C27H27ClN2O6. The molecule has 8 nitrogen and oxygen atoms in total. The third-order valence-corrected chi connectivity index (χ3v) is 7.01. The summed E-state index contributed by atoms with van der Waals surface area (Å²) in [6, 6.07) is 13.0. The quantitative estimate of drug-likeness (QED) is 0.464. The maximum absolute atomic E-state index is 13.7. The minimum atomic E-state index is -0.842. The molecule has 1 unspecified atom stereocenters. The summed E-state index contributed by atoms with van der Waals surface area (Å²) in [7, 11) is 1.51. The van der Waals surface area contributed by atoms with Gasteiger partial charge in [-0.1, -0.05) is 35.9 Å². The van der Waals surface area contributed by atoms with Gasteiger partial charge in [-0.3, -0.25) is 9.59 Å². The number of amides is 1. The lowest BCUT2D eigenvalue weighted by atomic mass is 9.95. The number of methoxy groups -OCH3 is 1. The number of quaternary nitrogens is 1. The van der Waals surface area contributed by atoms with Gasteiger partial charge < -0.3 is 28.8 Å². The number of ketones is 1. The molecule has 0 saturated carbocycles. The zero-order chi connectivity index (χ0) is 25.2. The summed E-state index contributed by atoms with van der Waals surface area (Å²) >= 11 is 6.25. The fourth-order valence-electron chi connectivity index (χ4n) is 4.98. The monoisotopic (exact) mass is 510 g/mol. The highest BCUT2D eigenvalue weighted by Crippen LogP contribution is 2.40. The largest absolute Gasteiger partial charge is 0.868 e. The van der Waals surface area contributed by atoms with Crippen molar-refractivity contribution in [3.63, 3.8) is 0 Å². The minimum Gasteiger partial charge on any atom is -0.868 e. The molecule has 1 amide bonds. The van der Waals surface area contributed by atoms with E-state index in [1.54, 1.807) is 48.5 Å². The van der Waals surface area contributed by atoms with Crippen LogP contribution in [-0.2, 0) is 9.53 Å². The number of nitrogens with zero attached hydrogens (tertiary/aromatic N) is 1. The van der Waals surface area contributed by atoms with Crippen LogP contribution in [0.4, 0.5) is 0 Å². The third-order valence-electron chi connectivity index (χ3n) is 6.77. The molecule has 3 aromatic rings. The normalized spacial score (nSPS) is 18.9. The van der Waals surface area contributed by atoms with Gasteiger partial charge in [-0.15, -0.1) is 0 Å². The van der Waals surface area contributed by atoms with E-state index in [1.807, 2.05) is 0 Å². The van der Waals surface area contributed by atoms with Crippen LogP contribution in [0.3, 0.4) is 0 Å². The SMILES string of the molecule is COc1cccc2cc(C(=O)C3=C([O-])C(=O)N(CCC[NH+]4CCOCC4)C3c3cccc(Cl)c3)oc12. The number of hydrogen-bond donors (Lipinski definition) is 1. The van der Waals surface area contributed by atoms with Crippen molar-refractivity contribution in [2.24, 2.45) is 0 Å². The summed E-state index contributed by atoms with van der Waals surface area (Å²) in [5.74, 6) is -1.65. The zero-order valence-electron chi connectivity index (χ0n) is 19.9. The Morgan fingerprint density at radius 2 is 1.97 bits per heavy atom. The molecule has 188 valence electrons. The number of morpholine rings is 1. The molecule has 2 aliphatic heterocycles. The maximum Gasteiger partial charge on any atom is 0.239 e. The predicted molar refractivity (Wildman–Crippen MR) is 131 cm³/mol. The molecule has 0 bridgehead atoms. The summed E-state index contributed by atoms with van der Waals surface area (Å²) < 4.78 is 16.6. The van der Waals surface area contributed by atoms with Crippen LogP contribution in [0.25, 0.3) is 11.0 Å². The van der Waals surface area contributed by atoms with Gasteiger partial charge in [0.05, 0.1) is 32.9 Å². The van der Waals surface area contributed by atoms with Gasteiger partial charge in [0.2, 0.25) is 11.7 Å². The van der Waals surface area contributed by atoms with E-state index in [0.717, 1.165) is 32.8 Å². The van der Waals surface area contributed by atoms with Gasteiger partial charge in [-0.2, -0.15) is 0 Å². The number of nitrogens with one attached hydrogen (secondary N) is 1. The molecule has 2 aliphatic rings. The van der Waals surface area contributed by atoms with Crippen LogP contribution in [0.15, 0.2) is 64.3 Å². The summed E-state index contributed by atoms with van der Waals surface area (Å²) in [5.41, 5.74) is 0.891. The second-order valence-corrected chi connectivity index (χ2v) is 9.42. The summed E-state index contributed by atoms with van der Waals surface area (Å²) in [6.07, 6.45) is 0.689. The molecule has 0 aliphatic carbocycles. The van der Waals surface area contributed by atoms with Crippen LogP contribution in [0.5, 0.6) is 5.75 Å². The third kappa shape index (κ3) is 4.59. The number of furan rings is 1. The van der Waals surface area contributed by atoms with Crippen LogP contribution < -0.4 is 14.7 Å². The summed E-state index contributed by atoms with van der Waals surface area (Å²) in [5, 5.41) is 14.4. The van der Waals surface area contributed by atoms with Crippen molar-refractivity contribution in [2.75, 3.05) is 46.5 Å². The number of fused-ring (bicyclic) bond motifs is 1. The van der Waals surface area contributed by atoms with E-state index in [4.69, 9.17) is 25.5 Å². The molecule has 0 spiro atoms. The minimum absolute atomic E-state index is 0.0164. The molecule has 1 atom stereocenters. The molecular weight excluding hydrogens is 484 g/mol. The highest BCUT2D eigenvalue weighted by molar-refractivity contribution is 6.30. The molecule has 1 fully saturated rings. The number of Topliss-reactive ketones (excluding diaryl/α,β-unsaturated/α-hetero) is 1. The van der Waals surface area contributed by atoms with Gasteiger partial charge in [-0.05, 0) is 35.6 Å². The van der Waals surface area contributed by atoms with E-state index in [2.05, 4.69) is 0 Å². The Balaban J connectivity index is 1.47. The van der Waals surface area contributed by atoms with Crippen LogP contribution >= 0.6 is 11.6 Å². The number of rotatable bonds is 8. The lowest BCUT2D eigenvalue weighted by Gasteiger charge is -2.29. The first kappa shape index (κ1) is 24.4. The number of para-hydroxylation sites is 1. The Morgan fingerprint density at radius 1 is 1.19 bits per heavy atom. The Bertz CT molecular complexity index is 1330. The summed E-state index contributed by atoms with van der Waals surface area (Å²) in [4.78, 5) is 29.7. The average Bonchev–Trinajstić information content (AvgIpc) is 3.44. The predicted octanol–water partition coefficient (Wildman–Crippen LogP) is 1.78. The number of hydrogen-bond acceptors (Lipinski definition) is 6. The van der Waals surface area contributed by atoms with E-state index in [-0.39, 0.29) is 11.3 Å². The molecule has 3 heterocycles. The Kier molecular flexibility index (Phi) is 7.00. The van der Waals surface area contributed by atoms with Crippen LogP contribution in [0.2, 0.25) is 5.02 Å². The first-order valence-corrected chi connectivity index (χ1v) is 12.4. The van der Waals surface area contributed by atoms with E-state index in [1.165, 1.54) is 16.9 Å². The molecule has 36 heavy (non-hydrogen) atoms. The number of carbonyl (C=O) groups is 2. The van der Waals surface area contributed by atoms with Crippen molar-refractivity contribution in [3.05, 3.63) is 76.2 Å². The molecule has 1 aromatic heterocycles. The lowest BCUT2D eigenvalue weighted by molar-refractivity contribution is -0.908. The standard InChI is InChI=1S/C27H27ClN2O6/c1-34-20-8-3-6-18-16-21(36-26(18)20)24(31)22-23(17-5-2-7-19(28)15-17)30(27(33)25(22)32)10-4-9-29-11-13-35-14-12-29/h2-3,5-8,15-16,23,32H,4,9-14H2,1H3. The van der Waals surface area contributed by atoms with Crippen LogP contribution in [0.1, 0.15) is 28.6 Å². The first-order valence-electron chi connectivity index (χ1n) is 12.0. The Morgan fingerprint density at radius 3 is 2.72 bits per heavy atom.